The van der Waals surface area contributed by atoms with Gasteiger partial charge >= 0.3 is 219 Å². The van der Waals surface area contributed by atoms with E-state index in [9.17, 15) is 26.1 Å². The van der Waals surface area contributed by atoms with E-state index in [1.165, 1.54) is 10.6 Å². The van der Waals surface area contributed by atoms with Crippen LogP contribution in [-0.2, 0) is 22.2 Å². The van der Waals surface area contributed by atoms with E-state index in [0.29, 0.717) is 51.2 Å². The van der Waals surface area contributed by atoms with Gasteiger partial charge in [0.15, 0.2) is 0 Å². The molecule has 14 heteroatoms. The first-order valence-corrected chi connectivity index (χ1v) is 15.8. The van der Waals surface area contributed by atoms with E-state index < -0.39 is 27.7 Å². The molecule has 0 aliphatic carbocycles. The molecule has 0 spiro atoms. The molecule has 200 valence electrons. The summed E-state index contributed by atoms with van der Waals surface area (Å²) >= 11 is 9.30. The van der Waals surface area contributed by atoms with Gasteiger partial charge in [-0.05, 0) is 0 Å². The number of oxazole rings is 1. The summed E-state index contributed by atoms with van der Waals surface area (Å²) in [6.07, 6.45) is -0.543. The Hall–Kier alpha value is -1.76. The minimum absolute atomic E-state index is 0.146. The Bertz CT molecular complexity index is 1530. The van der Waals surface area contributed by atoms with Crippen molar-refractivity contribution in [2.45, 2.75) is 39.2 Å². The summed E-state index contributed by atoms with van der Waals surface area (Å²) in [5, 5.41) is -0.370. The van der Waals surface area contributed by atoms with Gasteiger partial charge in [0.05, 0.1) is 0 Å². The van der Waals surface area contributed by atoms with Crippen molar-refractivity contribution in [3.05, 3.63) is 55.5 Å². The molecule has 0 radical (unpaired) electrons. The van der Waals surface area contributed by atoms with Crippen LogP contribution in [0.2, 0.25) is 5.02 Å². The second kappa shape index (κ2) is 10.4. The molecule has 1 aliphatic heterocycles. The van der Waals surface area contributed by atoms with E-state index in [1.807, 2.05) is 36.7 Å². The van der Waals surface area contributed by atoms with Crippen molar-refractivity contribution in [2.75, 3.05) is 22.9 Å². The van der Waals surface area contributed by atoms with E-state index in [4.69, 9.17) is 16.0 Å². The molecule has 1 N–H and O–H groups in total. The number of nitrogens with zero attached hydrogens (tertiary/aromatic N) is 3. The standard InChI is InChI=1S/C23H22BrClF3N3O4SSe/c1-4-13(8-20-31(12-36(32,33)34)21-15(24)11-37-22(21)35-20)7-19-29(5-2)17-9-14(23(26,27)28)16(25)10-18(17)30(19)6-3/h7-11H,4-6,12H2,1-3H3/p+1. The summed E-state index contributed by atoms with van der Waals surface area (Å²) in [5.74, 6) is 0.220. The molecule has 4 rings (SSSR count). The molecule has 1 aromatic carbocycles. The number of fused-ring (bicyclic) bond motifs is 2. The van der Waals surface area contributed by atoms with E-state index in [0.717, 1.165) is 11.6 Å². The molecule has 0 fully saturated rings. The monoisotopic (exact) mass is 688 g/mol. The first-order valence-electron chi connectivity index (χ1n) is 11.2. The third-order valence-electron chi connectivity index (χ3n) is 5.88. The summed E-state index contributed by atoms with van der Waals surface area (Å²) in [5.41, 5.74) is 1.37. The van der Waals surface area contributed by atoms with Crippen LogP contribution in [0.5, 0.6) is 0 Å². The van der Waals surface area contributed by atoms with Crippen molar-refractivity contribution in [1.29, 1.82) is 0 Å². The summed E-state index contributed by atoms with van der Waals surface area (Å²) in [6.45, 7) is 6.52. The van der Waals surface area contributed by atoms with Crippen LogP contribution in [0.25, 0.3) is 16.0 Å². The van der Waals surface area contributed by atoms with Gasteiger partial charge in [0.1, 0.15) is 0 Å². The van der Waals surface area contributed by atoms with E-state index in [1.54, 1.807) is 11.0 Å². The fraction of sp³-hybridized carbons (Fsp3) is 0.348. The molecule has 7 nitrogen and oxygen atoms in total. The van der Waals surface area contributed by atoms with Crippen molar-refractivity contribution < 1.29 is 35.1 Å². The Balaban J connectivity index is 1.85. The summed E-state index contributed by atoms with van der Waals surface area (Å²) in [6, 6.07) is 2.41. The van der Waals surface area contributed by atoms with Gasteiger partial charge in [0.25, 0.3) is 0 Å². The number of hydrogen-bond donors (Lipinski definition) is 1. The van der Waals surface area contributed by atoms with Gasteiger partial charge < -0.3 is 0 Å². The van der Waals surface area contributed by atoms with E-state index in [-0.39, 0.29) is 25.4 Å². The molecule has 2 aromatic heterocycles. The van der Waals surface area contributed by atoms with Crippen molar-refractivity contribution in [3.8, 4) is 0 Å². The molecule has 3 aromatic rings. The summed E-state index contributed by atoms with van der Waals surface area (Å²) in [7, 11) is -4.37. The number of rotatable bonds is 7. The Morgan fingerprint density at radius 1 is 1.22 bits per heavy atom. The second-order valence-electron chi connectivity index (χ2n) is 8.18. The topological polar surface area (TPSA) is 77.9 Å². The van der Waals surface area contributed by atoms with Crippen LogP contribution in [0.15, 0.2) is 43.4 Å². The molecular formula is C23H23BrClF3N3O4SSe+. The molecule has 0 saturated carbocycles. The third kappa shape index (κ3) is 5.53. The van der Waals surface area contributed by atoms with E-state index >= 15 is 0 Å². The maximum atomic E-state index is 13.6. The first-order chi connectivity index (χ1) is 17.3. The van der Waals surface area contributed by atoms with Gasteiger partial charge in [-0.1, -0.05) is 0 Å². The average Bonchev–Trinajstić information content (AvgIpc) is 3.41. The summed E-state index contributed by atoms with van der Waals surface area (Å²) < 4.78 is 82.3. The molecule has 3 heterocycles. The zero-order valence-corrected chi connectivity index (χ0v) is 24.8. The van der Waals surface area contributed by atoms with Gasteiger partial charge in [-0.25, -0.2) is 0 Å². The number of anilines is 2. The molecule has 37 heavy (non-hydrogen) atoms. The number of alkyl halides is 3. The average molecular weight is 689 g/mol. The third-order valence-corrected chi connectivity index (χ3v) is 9.84. The quantitative estimate of drug-likeness (QED) is 0.185. The minimum atomic E-state index is -4.59. The number of benzene rings is 1. The normalized spacial score (nSPS) is 15.9. The second-order valence-corrected chi connectivity index (χ2v) is 12.6. The zero-order valence-electron chi connectivity index (χ0n) is 19.9. The van der Waals surface area contributed by atoms with Crippen molar-refractivity contribution >= 4 is 79.6 Å². The van der Waals surface area contributed by atoms with Gasteiger partial charge in [0, 0.05) is 0 Å². The molecule has 0 bridgehead atoms. The Kier molecular flexibility index (Phi) is 7.96. The SMILES string of the molecule is CCC(=C/c1oc2[se]cc(Br)c2[n+]1CS(=O)(=O)O)/C=C1/N(CC)c2cc(Cl)c(C(F)(F)F)cc2N1CC. The predicted octanol–water partition coefficient (Wildman–Crippen LogP) is 6.06. The van der Waals surface area contributed by atoms with E-state index in [2.05, 4.69) is 15.9 Å². The maximum absolute atomic E-state index is 13.6. The van der Waals surface area contributed by atoms with Crippen molar-refractivity contribution in [3.63, 3.8) is 0 Å². The van der Waals surface area contributed by atoms with Crippen LogP contribution in [0.3, 0.4) is 0 Å². The van der Waals surface area contributed by atoms with Crippen molar-refractivity contribution in [2.24, 2.45) is 0 Å². The molecule has 0 atom stereocenters. The van der Waals surface area contributed by atoms with Gasteiger partial charge in [0.2, 0.25) is 0 Å². The number of halogens is 5. The zero-order chi connectivity index (χ0) is 27.3. The number of allylic oxidation sites excluding steroid dienone is 2. The number of aromatic nitrogens is 1. The van der Waals surface area contributed by atoms with Crippen LogP contribution in [0.4, 0.5) is 24.5 Å². The van der Waals surface area contributed by atoms with Crippen LogP contribution in [-0.4, -0.2) is 40.6 Å². The Labute approximate surface area is 231 Å². The Morgan fingerprint density at radius 2 is 1.84 bits per heavy atom. The molecule has 0 amide bonds. The Morgan fingerprint density at radius 3 is 2.38 bits per heavy atom. The predicted molar refractivity (Wildman–Crippen MR) is 141 cm³/mol. The van der Waals surface area contributed by atoms with Crippen LogP contribution >= 0.6 is 27.5 Å². The van der Waals surface area contributed by atoms with Gasteiger partial charge in [-0.15, -0.1) is 0 Å². The fourth-order valence-corrected chi connectivity index (χ4v) is 7.94. The van der Waals surface area contributed by atoms with Gasteiger partial charge in [-0.2, -0.15) is 13.2 Å². The van der Waals surface area contributed by atoms with Crippen LogP contribution < -0.4 is 14.4 Å². The van der Waals surface area contributed by atoms with Crippen molar-refractivity contribution in [1.82, 2.24) is 0 Å². The fourth-order valence-electron chi connectivity index (χ4n) is 4.27. The molecule has 1 aliphatic rings. The summed E-state index contributed by atoms with van der Waals surface area (Å²) in [4.78, 5) is 5.56. The van der Waals surface area contributed by atoms with Crippen LogP contribution in [0, 0.1) is 0 Å². The van der Waals surface area contributed by atoms with Crippen LogP contribution in [0.1, 0.15) is 38.6 Å². The molecule has 0 saturated heterocycles. The van der Waals surface area contributed by atoms with Gasteiger partial charge in [-0.3, -0.25) is 0 Å². The number of hydrogen-bond acceptors (Lipinski definition) is 5. The molecule has 0 unspecified atom stereocenters. The molecular weight excluding hydrogens is 666 g/mol. The first kappa shape index (κ1) is 28.3.